The highest BCUT2D eigenvalue weighted by molar-refractivity contribution is 8.00. The Hall–Kier alpha value is -0.970. The highest BCUT2D eigenvalue weighted by Gasteiger charge is 2.20. The number of aromatic nitrogens is 2. The normalized spacial score (nSPS) is 12.8. The lowest BCUT2D eigenvalue weighted by molar-refractivity contribution is -0.139. The molecule has 1 aromatic rings. The molecule has 5 heteroatoms. The summed E-state index contributed by atoms with van der Waals surface area (Å²) in [5.74, 6) is 0.333. The zero-order valence-electron chi connectivity index (χ0n) is 12.0. The zero-order valence-corrected chi connectivity index (χ0v) is 12.8. The fourth-order valence-corrected chi connectivity index (χ4v) is 2.70. The van der Waals surface area contributed by atoms with Crippen molar-refractivity contribution in [1.82, 2.24) is 9.55 Å². The van der Waals surface area contributed by atoms with Crippen LogP contribution in [0.4, 0.5) is 0 Å². The van der Waals surface area contributed by atoms with E-state index >= 15 is 0 Å². The average molecular weight is 270 g/mol. The number of methoxy groups -OCH3 is 1. The van der Waals surface area contributed by atoms with Gasteiger partial charge in [-0.2, -0.15) is 0 Å². The molecule has 1 atom stereocenters. The second kappa shape index (κ2) is 6.27. The lowest BCUT2D eigenvalue weighted by Gasteiger charge is -2.14. The first kappa shape index (κ1) is 15.1. The second-order valence-corrected chi connectivity index (χ2v) is 6.16. The van der Waals surface area contributed by atoms with Gasteiger partial charge < -0.3 is 9.30 Å². The van der Waals surface area contributed by atoms with Gasteiger partial charge >= 0.3 is 5.97 Å². The van der Waals surface area contributed by atoms with Gasteiger partial charge in [0, 0.05) is 12.2 Å². The van der Waals surface area contributed by atoms with Gasteiger partial charge in [0.05, 0.1) is 12.8 Å². The summed E-state index contributed by atoms with van der Waals surface area (Å²) < 4.78 is 6.93. The standard InChI is InChI=1S/C13H22N2O2S/c1-8(2)7-15-10(4)9(3)14-13(15)18-11(5)12(16)17-6/h8,11H,7H2,1-6H3. The Balaban J connectivity index is 2.94. The molecule has 0 fully saturated rings. The predicted molar refractivity (Wildman–Crippen MR) is 73.9 cm³/mol. The number of hydrogen-bond donors (Lipinski definition) is 0. The van der Waals surface area contributed by atoms with Gasteiger partial charge in [0.2, 0.25) is 0 Å². The number of esters is 1. The predicted octanol–water partition coefficient (Wildman–Crippen LogP) is 2.81. The average Bonchev–Trinajstić information content (AvgIpc) is 2.55. The number of imidazole rings is 1. The molecule has 0 aromatic carbocycles. The van der Waals surface area contributed by atoms with Gasteiger partial charge in [0.15, 0.2) is 5.16 Å². The van der Waals surface area contributed by atoms with Crippen LogP contribution in [0.2, 0.25) is 0 Å². The zero-order chi connectivity index (χ0) is 13.9. The minimum Gasteiger partial charge on any atom is -0.468 e. The maximum absolute atomic E-state index is 11.5. The van der Waals surface area contributed by atoms with Crippen LogP contribution in [0.15, 0.2) is 5.16 Å². The Bertz CT molecular complexity index is 427. The van der Waals surface area contributed by atoms with Crippen LogP contribution in [0.3, 0.4) is 0 Å². The van der Waals surface area contributed by atoms with Crippen LogP contribution in [-0.4, -0.2) is 27.9 Å². The van der Waals surface area contributed by atoms with Gasteiger partial charge in [-0.3, -0.25) is 4.79 Å². The molecule has 0 N–H and O–H groups in total. The third-order valence-electron chi connectivity index (χ3n) is 2.79. The summed E-state index contributed by atoms with van der Waals surface area (Å²) in [5.41, 5.74) is 2.19. The molecular formula is C13H22N2O2S. The molecule has 1 heterocycles. The maximum atomic E-state index is 11.5. The second-order valence-electron chi connectivity index (χ2n) is 4.85. The van der Waals surface area contributed by atoms with Crippen molar-refractivity contribution in [2.75, 3.05) is 7.11 Å². The number of aryl methyl sites for hydroxylation is 1. The van der Waals surface area contributed by atoms with E-state index in [1.54, 1.807) is 0 Å². The molecule has 0 radical (unpaired) electrons. The molecule has 0 aliphatic heterocycles. The summed E-state index contributed by atoms with van der Waals surface area (Å²) in [5, 5.41) is 0.665. The van der Waals surface area contributed by atoms with Crippen molar-refractivity contribution in [1.29, 1.82) is 0 Å². The van der Waals surface area contributed by atoms with Gasteiger partial charge in [-0.15, -0.1) is 0 Å². The third-order valence-corrected chi connectivity index (χ3v) is 3.85. The molecule has 0 amide bonds. The summed E-state index contributed by atoms with van der Waals surface area (Å²) in [6, 6.07) is 0. The maximum Gasteiger partial charge on any atom is 0.318 e. The third kappa shape index (κ3) is 3.51. The molecule has 0 aliphatic rings. The van der Waals surface area contributed by atoms with E-state index in [1.807, 2.05) is 13.8 Å². The summed E-state index contributed by atoms with van der Waals surface area (Å²) in [4.78, 5) is 16.0. The number of rotatable bonds is 5. The quantitative estimate of drug-likeness (QED) is 0.609. The van der Waals surface area contributed by atoms with Gasteiger partial charge in [0.25, 0.3) is 0 Å². The molecule has 4 nitrogen and oxygen atoms in total. The lowest BCUT2D eigenvalue weighted by Crippen LogP contribution is -2.16. The van der Waals surface area contributed by atoms with Crippen molar-refractivity contribution in [2.45, 2.75) is 51.6 Å². The number of hydrogen-bond acceptors (Lipinski definition) is 4. The largest absolute Gasteiger partial charge is 0.468 e. The van der Waals surface area contributed by atoms with Crippen LogP contribution in [0, 0.1) is 19.8 Å². The summed E-state index contributed by atoms with van der Waals surface area (Å²) >= 11 is 1.46. The SMILES string of the molecule is COC(=O)C(C)Sc1nc(C)c(C)n1CC(C)C. The molecular weight excluding hydrogens is 248 g/mol. The van der Waals surface area contributed by atoms with Gasteiger partial charge in [-0.25, -0.2) is 4.98 Å². The van der Waals surface area contributed by atoms with Crippen molar-refractivity contribution >= 4 is 17.7 Å². The molecule has 1 aromatic heterocycles. The summed E-state index contributed by atoms with van der Waals surface area (Å²) in [7, 11) is 1.41. The topological polar surface area (TPSA) is 44.1 Å². The number of nitrogens with zero attached hydrogens (tertiary/aromatic N) is 2. The fraction of sp³-hybridized carbons (Fsp3) is 0.692. The van der Waals surface area contributed by atoms with E-state index in [9.17, 15) is 4.79 Å². The first-order chi connectivity index (χ1) is 8.36. The van der Waals surface area contributed by atoms with Crippen LogP contribution in [0.5, 0.6) is 0 Å². The Kier molecular flexibility index (Phi) is 5.26. The molecule has 0 aliphatic carbocycles. The van der Waals surface area contributed by atoms with Crippen molar-refractivity contribution in [3.63, 3.8) is 0 Å². The van der Waals surface area contributed by atoms with Crippen molar-refractivity contribution in [3.8, 4) is 0 Å². The van der Waals surface area contributed by atoms with Crippen molar-refractivity contribution in [3.05, 3.63) is 11.4 Å². The first-order valence-corrected chi connectivity index (χ1v) is 7.03. The van der Waals surface area contributed by atoms with E-state index in [2.05, 4.69) is 30.3 Å². The van der Waals surface area contributed by atoms with E-state index in [1.165, 1.54) is 24.6 Å². The molecule has 0 spiro atoms. The van der Waals surface area contributed by atoms with E-state index in [-0.39, 0.29) is 11.2 Å². The van der Waals surface area contributed by atoms with Crippen LogP contribution >= 0.6 is 11.8 Å². The van der Waals surface area contributed by atoms with Crippen LogP contribution in [0.1, 0.15) is 32.2 Å². The van der Waals surface area contributed by atoms with E-state index in [0.29, 0.717) is 5.92 Å². The minimum absolute atomic E-state index is 0.214. The highest BCUT2D eigenvalue weighted by Crippen LogP contribution is 2.26. The van der Waals surface area contributed by atoms with Gasteiger partial charge in [0.1, 0.15) is 5.25 Å². The van der Waals surface area contributed by atoms with Crippen LogP contribution in [-0.2, 0) is 16.1 Å². The van der Waals surface area contributed by atoms with Crippen molar-refractivity contribution < 1.29 is 9.53 Å². The number of carbonyl (C=O) groups excluding carboxylic acids is 1. The van der Waals surface area contributed by atoms with Gasteiger partial charge in [-0.1, -0.05) is 25.6 Å². The van der Waals surface area contributed by atoms with Crippen LogP contribution < -0.4 is 0 Å². The van der Waals surface area contributed by atoms with E-state index in [0.717, 1.165) is 17.4 Å². The summed E-state index contributed by atoms with van der Waals surface area (Å²) in [6.45, 7) is 11.2. The molecule has 102 valence electrons. The Morgan fingerprint density at radius 1 is 1.39 bits per heavy atom. The van der Waals surface area contributed by atoms with E-state index in [4.69, 9.17) is 4.74 Å². The first-order valence-electron chi connectivity index (χ1n) is 6.15. The minimum atomic E-state index is -0.234. The molecule has 0 saturated carbocycles. The van der Waals surface area contributed by atoms with E-state index < -0.39 is 0 Å². The Morgan fingerprint density at radius 2 is 2.00 bits per heavy atom. The molecule has 1 unspecified atom stereocenters. The van der Waals surface area contributed by atoms with Gasteiger partial charge in [-0.05, 0) is 26.7 Å². The summed E-state index contributed by atoms with van der Waals surface area (Å²) in [6.07, 6.45) is 0. The number of ether oxygens (including phenoxy) is 1. The number of carbonyl (C=O) groups is 1. The Morgan fingerprint density at radius 3 is 2.50 bits per heavy atom. The molecule has 0 saturated heterocycles. The molecule has 18 heavy (non-hydrogen) atoms. The number of thioether (sulfide) groups is 1. The lowest BCUT2D eigenvalue weighted by atomic mass is 10.2. The van der Waals surface area contributed by atoms with Crippen LogP contribution in [0.25, 0.3) is 0 Å². The smallest absolute Gasteiger partial charge is 0.318 e. The molecule has 0 bridgehead atoms. The monoisotopic (exact) mass is 270 g/mol. The highest BCUT2D eigenvalue weighted by atomic mass is 32.2. The fourth-order valence-electron chi connectivity index (χ4n) is 1.67. The molecule has 1 rings (SSSR count). The Labute approximate surface area is 113 Å². The van der Waals surface area contributed by atoms with Crippen molar-refractivity contribution in [2.24, 2.45) is 5.92 Å².